The Morgan fingerprint density at radius 2 is 2.24 bits per heavy atom. The van der Waals surface area contributed by atoms with E-state index in [1.807, 2.05) is 20.8 Å². The number of carbonyl (C=O) groups is 1. The van der Waals surface area contributed by atoms with E-state index < -0.39 is 11.6 Å². The Labute approximate surface area is 110 Å². The maximum Gasteiger partial charge on any atom is 0.350 e. The number of rotatable bonds is 3. The molecule has 5 heteroatoms. The molecule has 0 spiro atoms. The first-order chi connectivity index (χ1) is 7.74. The summed E-state index contributed by atoms with van der Waals surface area (Å²) in [5, 5.41) is 0.372. The molecule has 0 amide bonds. The molecule has 2 N–H and O–H groups in total. The smallest absolute Gasteiger partial charge is 0.350 e. The molecule has 1 aromatic rings. The van der Waals surface area contributed by atoms with Crippen LogP contribution in [0.15, 0.2) is 18.7 Å². The lowest BCUT2D eigenvalue weighted by Gasteiger charge is -2.18. The minimum atomic E-state index is -0.537. The van der Waals surface area contributed by atoms with Gasteiger partial charge in [0.15, 0.2) is 0 Å². The molecular formula is C12H16ClNO2S. The Hall–Kier alpha value is -0.840. The van der Waals surface area contributed by atoms with Crippen LogP contribution in [0.3, 0.4) is 0 Å². The third-order valence-corrected chi connectivity index (χ3v) is 3.50. The van der Waals surface area contributed by atoms with Crippen molar-refractivity contribution in [2.75, 3.05) is 0 Å². The highest BCUT2D eigenvalue weighted by atomic mass is 35.5. The predicted molar refractivity (Wildman–Crippen MR) is 71.6 cm³/mol. The van der Waals surface area contributed by atoms with E-state index in [2.05, 4.69) is 6.58 Å². The van der Waals surface area contributed by atoms with Crippen molar-refractivity contribution in [3.8, 4) is 0 Å². The molecule has 0 aliphatic rings. The van der Waals surface area contributed by atoms with Gasteiger partial charge in [0.05, 0.1) is 11.1 Å². The molecule has 0 bridgehead atoms. The summed E-state index contributed by atoms with van der Waals surface area (Å²) in [6.45, 7) is 9.03. The van der Waals surface area contributed by atoms with Gasteiger partial charge in [0.2, 0.25) is 0 Å². The van der Waals surface area contributed by atoms with Crippen LogP contribution in [0.25, 0.3) is 0 Å². The van der Waals surface area contributed by atoms with Crippen LogP contribution in [0.4, 0.5) is 0 Å². The van der Waals surface area contributed by atoms with Gasteiger partial charge in [0, 0.05) is 4.88 Å². The number of hydrogen-bond donors (Lipinski definition) is 1. The fourth-order valence-corrected chi connectivity index (χ4v) is 2.43. The summed E-state index contributed by atoms with van der Waals surface area (Å²) in [4.78, 5) is 13.0. The normalized spacial score (nSPS) is 13.2. The Balaban J connectivity index is 2.95. The molecule has 0 radical (unpaired) electrons. The van der Waals surface area contributed by atoms with Gasteiger partial charge in [0.25, 0.3) is 0 Å². The maximum absolute atomic E-state index is 11.8. The van der Waals surface area contributed by atoms with Crippen LogP contribution in [0.5, 0.6) is 0 Å². The zero-order valence-corrected chi connectivity index (χ0v) is 11.7. The summed E-state index contributed by atoms with van der Waals surface area (Å²) in [5.74, 6) is -0.421. The van der Waals surface area contributed by atoms with Crippen molar-refractivity contribution >= 4 is 28.9 Å². The Kier molecular flexibility index (Phi) is 4.36. The lowest BCUT2D eigenvalue weighted by molar-refractivity contribution is 0.00754. The van der Waals surface area contributed by atoms with Gasteiger partial charge in [-0.15, -0.1) is 17.9 Å². The molecule has 1 atom stereocenters. The van der Waals surface area contributed by atoms with E-state index in [0.29, 0.717) is 9.90 Å². The van der Waals surface area contributed by atoms with Crippen molar-refractivity contribution < 1.29 is 9.53 Å². The fraction of sp³-hybridized carbons (Fsp3) is 0.417. The number of carbonyl (C=O) groups excluding carboxylic acids is 1. The molecule has 0 fully saturated rings. The summed E-state index contributed by atoms with van der Waals surface area (Å²) in [6, 6.07) is 1.37. The second kappa shape index (κ2) is 5.21. The average molecular weight is 274 g/mol. The highest BCUT2D eigenvalue weighted by molar-refractivity contribution is 7.14. The van der Waals surface area contributed by atoms with Crippen LogP contribution in [-0.4, -0.2) is 11.6 Å². The number of thiophene rings is 1. The first-order valence-electron chi connectivity index (χ1n) is 5.15. The van der Waals surface area contributed by atoms with Crippen molar-refractivity contribution in [1.82, 2.24) is 0 Å². The highest BCUT2D eigenvalue weighted by Crippen LogP contribution is 2.32. The number of nitrogens with two attached hydrogens (primary N) is 1. The average Bonchev–Trinajstić information content (AvgIpc) is 2.56. The number of ether oxygens (including phenoxy) is 1. The van der Waals surface area contributed by atoms with Gasteiger partial charge >= 0.3 is 5.97 Å². The van der Waals surface area contributed by atoms with E-state index >= 15 is 0 Å². The maximum atomic E-state index is 11.8. The van der Waals surface area contributed by atoms with Crippen molar-refractivity contribution in [3.05, 3.63) is 33.5 Å². The molecule has 94 valence electrons. The minimum absolute atomic E-state index is 0.311. The van der Waals surface area contributed by atoms with Gasteiger partial charge in [-0.2, -0.15) is 0 Å². The molecule has 17 heavy (non-hydrogen) atoms. The van der Waals surface area contributed by atoms with E-state index in [0.717, 1.165) is 4.88 Å². The lowest BCUT2D eigenvalue weighted by atomic mass is 10.2. The number of esters is 1. The monoisotopic (exact) mass is 273 g/mol. The van der Waals surface area contributed by atoms with Gasteiger partial charge in [-0.05, 0) is 26.8 Å². The van der Waals surface area contributed by atoms with Crippen LogP contribution in [-0.2, 0) is 4.74 Å². The van der Waals surface area contributed by atoms with Crippen LogP contribution in [0.1, 0.15) is 41.4 Å². The van der Waals surface area contributed by atoms with E-state index in [4.69, 9.17) is 22.1 Å². The molecule has 1 aromatic heterocycles. The minimum Gasteiger partial charge on any atom is -0.456 e. The van der Waals surface area contributed by atoms with Crippen LogP contribution in [0.2, 0.25) is 5.02 Å². The van der Waals surface area contributed by atoms with Crippen molar-refractivity contribution in [2.45, 2.75) is 32.4 Å². The largest absolute Gasteiger partial charge is 0.456 e. The van der Waals surface area contributed by atoms with E-state index in [1.165, 1.54) is 11.3 Å². The molecule has 0 aliphatic carbocycles. The predicted octanol–water partition coefficient (Wildman–Crippen LogP) is 3.54. The molecule has 1 unspecified atom stereocenters. The molecule has 1 rings (SSSR count). The van der Waals surface area contributed by atoms with Gasteiger partial charge in [0.1, 0.15) is 10.5 Å². The molecule has 0 aliphatic heterocycles. The van der Waals surface area contributed by atoms with Crippen LogP contribution >= 0.6 is 22.9 Å². The van der Waals surface area contributed by atoms with Crippen molar-refractivity contribution in [2.24, 2.45) is 5.73 Å². The summed E-state index contributed by atoms with van der Waals surface area (Å²) < 4.78 is 5.25. The summed E-state index contributed by atoms with van der Waals surface area (Å²) in [6.07, 6.45) is 1.60. The highest BCUT2D eigenvalue weighted by Gasteiger charge is 2.23. The van der Waals surface area contributed by atoms with Gasteiger partial charge in [-0.3, -0.25) is 0 Å². The van der Waals surface area contributed by atoms with Crippen molar-refractivity contribution in [1.29, 1.82) is 0 Å². The quantitative estimate of drug-likeness (QED) is 0.677. The molecule has 0 aromatic carbocycles. The molecular weight excluding hydrogens is 258 g/mol. The second-order valence-electron chi connectivity index (χ2n) is 4.59. The first-order valence-corrected chi connectivity index (χ1v) is 6.35. The Morgan fingerprint density at radius 3 is 2.71 bits per heavy atom. The van der Waals surface area contributed by atoms with E-state index in [-0.39, 0.29) is 6.04 Å². The summed E-state index contributed by atoms with van der Waals surface area (Å²) in [7, 11) is 0. The van der Waals surface area contributed by atoms with Crippen LogP contribution in [0, 0.1) is 0 Å². The second-order valence-corrected chi connectivity index (χ2v) is 6.08. The zero-order chi connectivity index (χ0) is 13.2. The molecule has 1 heterocycles. The lowest BCUT2D eigenvalue weighted by Crippen LogP contribution is -2.23. The zero-order valence-electron chi connectivity index (χ0n) is 10.1. The third kappa shape index (κ3) is 3.84. The summed E-state index contributed by atoms with van der Waals surface area (Å²) >= 11 is 7.23. The summed E-state index contributed by atoms with van der Waals surface area (Å²) in [5.41, 5.74) is 5.25. The van der Waals surface area contributed by atoms with Gasteiger partial charge < -0.3 is 10.5 Å². The van der Waals surface area contributed by atoms with Gasteiger partial charge in [-0.25, -0.2) is 4.79 Å². The third-order valence-electron chi connectivity index (χ3n) is 1.87. The SMILES string of the molecule is C=CC(N)c1cc(Cl)c(C(=O)OC(C)(C)C)s1. The molecule has 0 saturated carbocycles. The Morgan fingerprint density at radius 1 is 1.65 bits per heavy atom. The Bertz CT molecular complexity index is 434. The van der Waals surface area contributed by atoms with E-state index in [1.54, 1.807) is 12.1 Å². The van der Waals surface area contributed by atoms with Gasteiger partial charge in [-0.1, -0.05) is 17.7 Å². The molecule has 3 nitrogen and oxygen atoms in total. The first kappa shape index (κ1) is 14.2. The number of halogens is 1. The fourth-order valence-electron chi connectivity index (χ4n) is 1.13. The standard InChI is InChI=1S/C12H16ClNO2S/c1-5-8(14)9-6-7(13)10(17-9)11(15)16-12(2,3)4/h5-6,8H,1,14H2,2-4H3. The van der Waals surface area contributed by atoms with Crippen molar-refractivity contribution in [3.63, 3.8) is 0 Å². The topological polar surface area (TPSA) is 52.3 Å². The number of hydrogen-bond acceptors (Lipinski definition) is 4. The van der Waals surface area contributed by atoms with Crippen LogP contribution < -0.4 is 5.73 Å². The van der Waals surface area contributed by atoms with E-state index in [9.17, 15) is 4.79 Å². The molecule has 0 saturated heterocycles.